The minimum absolute atomic E-state index is 0.480. The van der Waals surface area contributed by atoms with E-state index in [1.54, 1.807) is 0 Å². The fraction of sp³-hybridized carbons (Fsp3) is 0.0189. The molecule has 262 valence electrons. The van der Waals surface area contributed by atoms with Crippen LogP contribution in [0.1, 0.15) is 22.3 Å². The number of rotatable bonds is 4. The Labute approximate surface area is 325 Å². The predicted molar refractivity (Wildman–Crippen MR) is 227 cm³/mol. The first-order valence-electron chi connectivity index (χ1n) is 19.2. The molecule has 1 heterocycles. The fourth-order valence-corrected chi connectivity index (χ4v) is 9.60. The van der Waals surface area contributed by atoms with E-state index < -0.39 is 5.41 Å². The van der Waals surface area contributed by atoms with Gasteiger partial charge in [-0.25, -0.2) is 0 Å². The largest absolute Gasteiger partial charge is 0.449 e. The first kappa shape index (κ1) is 31.0. The third-order valence-corrected chi connectivity index (χ3v) is 11.9. The molecule has 56 heavy (non-hydrogen) atoms. The monoisotopic (exact) mass is 715 g/mol. The molecule has 0 atom stereocenters. The van der Waals surface area contributed by atoms with Crippen LogP contribution in [-0.2, 0) is 5.41 Å². The van der Waals surface area contributed by atoms with Crippen LogP contribution in [0, 0.1) is 0 Å². The number of ether oxygens (including phenoxy) is 2. The van der Waals surface area contributed by atoms with Gasteiger partial charge in [0.25, 0.3) is 0 Å². The van der Waals surface area contributed by atoms with Crippen LogP contribution in [0.3, 0.4) is 0 Å². The highest BCUT2D eigenvalue weighted by Crippen LogP contribution is 2.66. The molecule has 0 amide bonds. The van der Waals surface area contributed by atoms with Crippen LogP contribution in [-0.4, -0.2) is 0 Å². The lowest BCUT2D eigenvalue weighted by molar-refractivity contribution is 0.361. The van der Waals surface area contributed by atoms with Crippen LogP contribution in [0.15, 0.2) is 200 Å². The van der Waals surface area contributed by atoms with Crippen molar-refractivity contribution in [3.05, 3.63) is 222 Å². The maximum absolute atomic E-state index is 7.35. The van der Waals surface area contributed by atoms with Crippen LogP contribution in [0.4, 0.5) is 17.1 Å². The van der Waals surface area contributed by atoms with Crippen molar-refractivity contribution in [1.82, 2.24) is 0 Å². The van der Waals surface area contributed by atoms with Crippen molar-refractivity contribution in [1.29, 1.82) is 0 Å². The molecule has 0 bridgehead atoms. The van der Waals surface area contributed by atoms with Crippen molar-refractivity contribution in [3.8, 4) is 56.4 Å². The van der Waals surface area contributed by atoms with E-state index in [0.29, 0.717) is 17.2 Å². The van der Waals surface area contributed by atoms with E-state index in [0.717, 1.165) is 45.1 Å². The summed E-state index contributed by atoms with van der Waals surface area (Å²) in [5.74, 6) is 2.81. The summed E-state index contributed by atoms with van der Waals surface area (Å²) in [4.78, 5) is 2.30. The molecule has 9 aromatic carbocycles. The molecule has 0 fully saturated rings. The van der Waals surface area contributed by atoms with Crippen LogP contribution in [0.2, 0.25) is 0 Å². The molecule has 3 heteroatoms. The fourth-order valence-electron chi connectivity index (χ4n) is 9.60. The van der Waals surface area contributed by atoms with Crippen LogP contribution in [0.5, 0.6) is 23.0 Å². The third kappa shape index (κ3) is 4.28. The Kier molecular flexibility index (Phi) is 6.55. The lowest BCUT2D eigenvalue weighted by atomic mass is 9.70. The molecule has 0 radical (unpaired) electrons. The lowest BCUT2D eigenvalue weighted by Crippen LogP contribution is -2.25. The van der Waals surface area contributed by atoms with Gasteiger partial charge >= 0.3 is 0 Å². The van der Waals surface area contributed by atoms with Gasteiger partial charge in [0, 0.05) is 16.9 Å². The average molecular weight is 716 g/mol. The van der Waals surface area contributed by atoms with Crippen molar-refractivity contribution >= 4 is 27.8 Å². The molecule has 3 aliphatic rings. The van der Waals surface area contributed by atoms with Crippen molar-refractivity contribution in [2.24, 2.45) is 0 Å². The number of hydrogen-bond donors (Lipinski definition) is 0. The van der Waals surface area contributed by atoms with Gasteiger partial charge in [0.05, 0.1) is 11.1 Å². The highest BCUT2D eigenvalue weighted by Gasteiger charge is 2.53. The summed E-state index contributed by atoms with van der Waals surface area (Å²) in [6.45, 7) is 0. The van der Waals surface area contributed by atoms with Crippen LogP contribution in [0.25, 0.3) is 44.2 Å². The van der Waals surface area contributed by atoms with E-state index in [1.165, 1.54) is 44.2 Å². The maximum Gasteiger partial charge on any atom is 0.194 e. The summed E-state index contributed by atoms with van der Waals surface area (Å²) in [5.41, 5.74) is 14.6. The normalized spacial score (nSPS) is 13.4. The molecule has 0 aromatic heterocycles. The zero-order chi connectivity index (χ0) is 36.8. The van der Waals surface area contributed by atoms with E-state index in [1.807, 2.05) is 6.07 Å². The topological polar surface area (TPSA) is 21.7 Å². The van der Waals surface area contributed by atoms with Gasteiger partial charge in [0.2, 0.25) is 0 Å². The van der Waals surface area contributed by atoms with Crippen LogP contribution < -0.4 is 14.4 Å². The number of hydrogen-bond acceptors (Lipinski definition) is 3. The molecule has 1 spiro atoms. The number of para-hydroxylation sites is 1. The first-order valence-corrected chi connectivity index (χ1v) is 19.2. The SMILES string of the molecule is c1ccc(-c2cccc(N(c3ccc4ccccc4c3)c3cccc4c3Oc3c(ccc5c3-c3ccccc3C53c5ccccc5-c5ccccc53)O4)c2)cc1. The zero-order valence-electron chi connectivity index (χ0n) is 30.3. The average Bonchev–Trinajstić information content (AvgIpc) is 3.74. The molecule has 0 unspecified atom stereocenters. The van der Waals surface area contributed by atoms with Gasteiger partial charge in [-0.1, -0.05) is 158 Å². The Morgan fingerprint density at radius 1 is 0.357 bits per heavy atom. The summed E-state index contributed by atoms with van der Waals surface area (Å²) in [6.07, 6.45) is 0. The molecule has 0 N–H and O–H groups in total. The minimum Gasteiger partial charge on any atom is -0.449 e. The molecule has 12 rings (SSSR count). The van der Waals surface area contributed by atoms with Gasteiger partial charge in [-0.3, -0.25) is 0 Å². The number of nitrogens with zero attached hydrogens (tertiary/aromatic N) is 1. The second kappa shape index (κ2) is 11.8. The van der Waals surface area contributed by atoms with Crippen molar-refractivity contribution < 1.29 is 9.47 Å². The molecule has 0 saturated heterocycles. The summed E-state index contributed by atoms with van der Waals surface area (Å²) >= 11 is 0. The lowest BCUT2D eigenvalue weighted by Gasteiger charge is -2.32. The van der Waals surface area contributed by atoms with Gasteiger partial charge in [0.15, 0.2) is 23.0 Å². The Hall–Kier alpha value is -7.36. The van der Waals surface area contributed by atoms with E-state index in [9.17, 15) is 0 Å². The van der Waals surface area contributed by atoms with Crippen molar-refractivity contribution in [2.75, 3.05) is 4.90 Å². The van der Waals surface area contributed by atoms with Gasteiger partial charge in [-0.2, -0.15) is 0 Å². The smallest absolute Gasteiger partial charge is 0.194 e. The highest BCUT2D eigenvalue weighted by molar-refractivity contribution is 5.98. The molecular formula is C53H33NO2. The summed E-state index contributed by atoms with van der Waals surface area (Å²) in [5, 5.41) is 2.36. The van der Waals surface area contributed by atoms with E-state index in [2.05, 4.69) is 199 Å². The molecule has 0 saturated carbocycles. The minimum atomic E-state index is -0.480. The number of anilines is 3. The van der Waals surface area contributed by atoms with Crippen molar-refractivity contribution in [3.63, 3.8) is 0 Å². The van der Waals surface area contributed by atoms with E-state index in [-0.39, 0.29) is 0 Å². The van der Waals surface area contributed by atoms with E-state index >= 15 is 0 Å². The third-order valence-electron chi connectivity index (χ3n) is 11.9. The Morgan fingerprint density at radius 3 is 1.75 bits per heavy atom. The maximum atomic E-state index is 7.35. The molecule has 2 aliphatic carbocycles. The van der Waals surface area contributed by atoms with Gasteiger partial charge in [-0.05, 0) is 103 Å². The Morgan fingerprint density at radius 2 is 0.964 bits per heavy atom. The molecular weight excluding hydrogens is 683 g/mol. The molecule has 3 nitrogen and oxygen atoms in total. The zero-order valence-corrected chi connectivity index (χ0v) is 30.3. The summed E-state index contributed by atoms with van der Waals surface area (Å²) < 4.78 is 14.2. The number of fused-ring (bicyclic) bond motifs is 14. The molecule has 1 aliphatic heterocycles. The van der Waals surface area contributed by atoms with Gasteiger partial charge in [0.1, 0.15) is 0 Å². The molecule has 9 aromatic rings. The first-order chi connectivity index (χ1) is 27.8. The second-order valence-electron chi connectivity index (χ2n) is 14.8. The number of benzene rings is 9. The standard InChI is InChI=1S/C53H33NO2/c1-2-14-34(15-3-1)37-18-12-19-38(32-37)54(39-29-28-35-16-4-5-17-36(35)33-39)47-26-13-27-48-51(47)56-52-49(55-48)31-30-46-50(52)42-22-8-11-25-45(42)53(46)43-23-9-6-20-40(43)41-21-7-10-24-44(41)53/h1-33H. The summed E-state index contributed by atoms with van der Waals surface area (Å²) in [7, 11) is 0. The Bertz CT molecular complexity index is 3010. The van der Waals surface area contributed by atoms with Gasteiger partial charge < -0.3 is 14.4 Å². The van der Waals surface area contributed by atoms with E-state index in [4.69, 9.17) is 9.47 Å². The quantitative estimate of drug-likeness (QED) is 0.181. The second-order valence-corrected chi connectivity index (χ2v) is 14.8. The highest BCUT2D eigenvalue weighted by atomic mass is 16.6. The predicted octanol–water partition coefficient (Wildman–Crippen LogP) is 14.2. The van der Waals surface area contributed by atoms with Crippen LogP contribution >= 0.6 is 0 Å². The summed E-state index contributed by atoms with van der Waals surface area (Å²) in [6, 6.07) is 71.6. The van der Waals surface area contributed by atoms with Crippen molar-refractivity contribution in [2.45, 2.75) is 5.41 Å². The van der Waals surface area contributed by atoms with Gasteiger partial charge in [-0.15, -0.1) is 0 Å². The Balaban J connectivity index is 1.08.